The Morgan fingerprint density at radius 1 is 1.33 bits per heavy atom. The quantitative estimate of drug-likeness (QED) is 0.368. The maximum absolute atomic E-state index is 9.82. The lowest BCUT2D eigenvalue weighted by Crippen LogP contribution is -2.45. The van der Waals surface area contributed by atoms with E-state index in [1.807, 2.05) is 0 Å². The largest absolute Gasteiger partial charge is 0.507 e. The SMILES string of the molecule is CC(C)=C(O)C1(O)O[C@H](CO)[C@@H](O)[C@H]1O. The third-order valence-electron chi connectivity index (χ3n) is 2.43. The normalized spacial score (nSPS) is 40.5. The standard InChI is InChI=1S/C9H16O6/c1-4(2)7(12)9(14)8(13)6(11)5(3-10)15-9/h5-6,8,10-14H,3H2,1-2H3/t5-,6-,8-,9?/m1/s1. The molecule has 15 heavy (non-hydrogen) atoms. The summed E-state index contributed by atoms with van der Waals surface area (Å²) in [5, 5.41) is 47.1. The molecule has 1 rings (SSSR count). The van der Waals surface area contributed by atoms with Crippen LogP contribution < -0.4 is 0 Å². The predicted octanol–water partition coefficient (Wildman–Crippen LogP) is -1.36. The van der Waals surface area contributed by atoms with Crippen molar-refractivity contribution in [3.63, 3.8) is 0 Å². The molecule has 1 saturated heterocycles. The summed E-state index contributed by atoms with van der Waals surface area (Å²) in [4.78, 5) is 0. The van der Waals surface area contributed by atoms with Gasteiger partial charge in [-0.25, -0.2) is 0 Å². The lowest BCUT2D eigenvalue weighted by atomic mass is 10.0. The average Bonchev–Trinajstić information content (AvgIpc) is 2.42. The van der Waals surface area contributed by atoms with Crippen LogP contribution >= 0.6 is 0 Å². The predicted molar refractivity (Wildman–Crippen MR) is 49.9 cm³/mol. The maximum atomic E-state index is 9.82. The first-order chi connectivity index (χ1) is 6.84. The molecule has 5 N–H and O–H groups in total. The highest BCUT2D eigenvalue weighted by molar-refractivity contribution is 5.17. The van der Waals surface area contributed by atoms with Crippen LogP contribution in [0, 0.1) is 0 Å². The second-order valence-electron chi connectivity index (χ2n) is 3.82. The fourth-order valence-electron chi connectivity index (χ4n) is 1.50. The molecule has 88 valence electrons. The third-order valence-corrected chi connectivity index (χ3v) is 2.43. The van der Waals surface area contributed by atoms with Crippen LogP contribution in [-0.2, 0) is 4.74 Å². The molecule has 1 fully saturated rings. The van der Waals surface area contributed by atoms with Gasteiger partial charge in [-0.2, -0.15) is 0 Å². The van der Waals surface area contributed by atoms with E-state index in [1.54, 1.807) is 0 Å². The van der Waals surface area contributed by atoms with Gasteiger partial charge in [0.05, 0.1) is 6.61 Å². The number of hydrogen-bond donors (Lipinski definition) is 5. The number of allylic oxidation sites excluding steroid dienone is 1. The Kier molecular flexibility index (Phi) is 3.37. The van der Waals surface area contributed by atoms with Crippen LogP contribution in [0.3, 0.4) is 0 Å². The Hall–Kier alpha value is -0.660. The summed E-state index contributed by atoms with van der Waals surface area (Å²) in [6.07, 6.45) is -4.25. The highest BCUT2D eigenvalue weighted by Gasteiger charge is 2.56. The molecule has 0 bridgehead atoms. The van der Waals surface area contributed by atoms with E-state index < -0.39 is 36.5 Å². The van der Waals surface area contributed by atoms with E-state index in [0.717, 1.165) is 0 Å². The summed E-state index contributed by atoms with van der Waals surface area (Å²) in [5.41, 5.74) is 0.349. The smallest absolute Gasteiger partial charge is 0.255 e. The lowest BCUT2D eigenvalue weighted by Gasteiger charge is -2.25. The van der Waals surface area contributed by atoms with E-state index in [2.05, 4.69) is 0 Å². The highest BCUT2D eigenvalue weighted by Crippen LogP contribution is 2.34. The maximum Gasteiger partial charge on any atom is 0.255 e. The van der Waals surface area contributed by atoms with Crippen molar-refractivity contribution in [2.24, 2.45) is 0 Å². The van der Waals surface area contributed by atoms with Crippen LogP contribution in [0.5, 0.6) is 0 Å². The van der Waals surface area contributed by atoms with Gasteiger partial charge in [-0.05, 0) is 19.4 Å². The lowest BCUT2D eigenvalue weighted by molar-refractivity contribution is -0.221. The van der Waals surface area contributed by atoms with Crippen LogP contribution in [-0.4, -0.2) is 56.2 Å². The van der Waals surface area contributed by atoms with Gasteiger partial charge in [0.1, 0.15) is 18.3 Å². The first kappa shape index (κ1) is 12.4. The van der Waals surface area contributed by atoms with Crippen molar-refractivity contribution < 1.29 is 30.3 Å². The van der Waals surface area contributed by atoms with E-state index in [4.69, 9.17) is 9.84 Å². The molecular weight excluding hydrogens is 204 g/mol. The minimum absolute atomic E-state index is 0.349. The van der Waals surface area contributed by atoms with Crippen LogP contribution in [0.4, 0.5) is 0 Å². The number of hydrogen-bond acceptors (Lipinski definition) is 6. The fraction of sp³-hybridized carbons (Fsp3) is 0.778. The minimum atomic E-state index is -2.34. The van der Waals surface area contributed by atoms with Crippen molar-refractivity contribution in [1.82, 2.24) is 0 Å². The van der Waals surface area contributed by atoms with E-state index in [1.165, 1.54) is 13.8 Å². The van der Waals surface area contributed by atoms with Gasteiger partial charge in [-0.3, -0.25) is 0 Å². The first-order valence-electron chi connectivity index (χ1n) is 4.58. The molecule has 4 atom stereocenters. The molecule has 0 amide bonds. The van der Waals surface area contributed by atoms with Gasteiger partial charge >= 0.3 is 0 Å². The molecule has 0 saturated carbocycles. The molecular formula is C9H16O6. The Morgan fingerprint density at radius 2 is 1.87 bits per heavy atom. The molecule has 0 aromatic rings. The molecule has 1 heterocycles. The van der Waals surface area contributed by atoms with Crippen molar-refractivity contribution in [3.05, 3.63) is 11.3 Å². The molecule has 0 aromatic heterocycles. The first-order valence-corrected chi connectivity index (χ1v) is 4.58. The Balaban J connectivity index is 3.02. The van der Waals surface area contributed by atoms with Gasteiger partial charge in [0.25, 0.3) is 5.79 Å². The van der Waals surface area contributed by atoms with Crippen molar-refractivity contribution in [1.29, 1.82) is 0 Å². The van der Waals surface area contributed by atoms with E-state index in [-0.39, 0.29) is 0 Å². The number of aliphatic hydroxyl groups excluding tert-OH is 4. The molecule has 0 radical (unpaired) electrons. The fourth-order valence-corrected chi connectivity index (χ4v) is 1.50. The summed E-state index contributed by atoms with van der Waals surface area (Å²) in [5.74, 6) is -2.89. The molecule has 0 aromatic carbocycles. The molecule has 0 aliphatic carbocycles. The van der Waals surface area contributed by atoms with E-state index >= 15 is 0 Å². The summed E-state index contributed by atoms with van der Waals surface area (Å²) < 4.78 is 4.84. The third kappa shape index (κ3) is 1.86. The Labute approximate surface area is 87.0 Å². The molecule has 1 aliphatic rings. The zero-order chi connectivity index (χ0) is 11.8. The zero-order valence-electron chi connectivity index (χ0n) is 8.58. The van der Waals surface area contributed by atoms with Crippen molar-refractivity contribution in [2.45, 2.75) is 37.9 Å². The minimum Gasteiger partial charge on any atom is -0.507 e. The molecule has 6 nitrogen and oxygen atoms in total. The van der Waals surface area contributed by atoms with Gasteiger partial charge in [0.2, 0.25) is 0 Å². The molecule has 1 unspecified atom stereocenters. The average molecular weight is 220 g/mol. The van der Waals surface area contributed by atoms with Crippen molar-refractivity contribution in [2.75, 3.05) is 6.61 Å². The summed E-state index contributed by atoms with van der Waals surface area (Å²) in [6.45, 7) is 2.47. The number of aliphatic hydroxyl groups is 5. The summed E-state index contributed by atoms with van der Waals surface area (Å²) in [7, 11) is 0. The zero-order valence-corrected chi connectivity index (χ0v) is 8.58. The topological polar surface area (TPSA) is 110 Å². The number of rotatable bonds is 2. The van der Waals surface area contributed by atoms with Crippen molar-refractivity contribution >= 4 is 0 Å². The van der Waals surface area contributed by atoms with Crippen molar-refractivity contribution in [3.8, 4) is 0 Å². The molecule has 6 heteroatoms. The van der Waals surface area contributed by atoms with Crippen LogP contribution in [0.25, 0.3) is 0 Å². The molecule has 0 spiro atoms. The van der Waals surface area contributed by atoms with E-state index in [9.17, 15) is 20.4 Å². The van der Waals surface area contributed by atoms with Gasteiger partial charge in [0.15, 0.2) is 5.76 Å². The van der Waals surface area contributed by atoms with Crippen LogP contribution in [0.15, 0.2) is 11.3 Å². The van der Waals surface area contributed by atoms with Gasteiger partial charge in [0, 0.05) is 0 Å². The Morgan fingerprint density at radius 3 is 2.20 bits per heavy atom. The summed E-state index contributed by atoms with van der Waals surface area (Å²) in [6, 6.07) is 0. The summed E-state index contributed by atoms with van der Waals surface area (Å²) >= 11 is 0. The van der Waals surface area contributed by atoms with E-state index in [0.29, 0.717) is 5.57 Å². The van der Waals surface area contributed by atoms with Crippen LogP contribution in [0.1, 0.15) is 13.8 Å². The molecule has 1 aliphatic heterocycles. The Bertz CT molecular complexity index is 272. The highest BCUT2D eigenvalue weighted by atomic mass is 16.7. The van der Waals surface area contributed by atoms with Gasteiger partial charge in [-0.1, -0.05) is 0 Å². The number of ether oxygens (including phenoxy) is 1. The van der Waals surface area contributed by atoms with Gasteiger partial charge < -0.3 is 30.3 Å². The van der Waals surface area contributed by atoms with Crippen LogP contribution in [0.2, 0.25) is 0 Å². The second-order valence-corrected chi connectivity index (χ2v) is 3.82. The van der Waals surface area contributed by atoms with Gasteiger partial charge in [-0.15, -0.1) is 0 Å². The monoisotopic (exact) mass is 220 g/mol. The second kappa shape index (κ2) is 4.07.